The van der Waals surface area contributed by atoms with Crippen molar-refractivity contribution in [2.75, 3.05) is 0 Å². The fraction of sp³-hybridized carbons (Fsp3) is 0.800. The van der Waals surface area contributed by atoms with Crippen molar-refractivity contribution >= 4 is 5.91 Å². The molecular weight excluding hydrogens is 206 g/mol. The van der Waals surface area contributed by atoms with Gasteiger partial charge in [-0.1, -0.05) is 24.5 Å². The second-order valence-electron chi connectivity index (χ2n) is 4.31. The maximum atomic E-state index is 11.6. The van der Waals surface area contributed by atoms with E-state index in [1.807, 2.05) is 0 Å². The molecule has 0 saturated heterocycles. The second-order valence-corrected chi connectivity index (χ2v) is 4.31. The lowest BCUT2D eigenvalue weighted by atomic mass is 9.87. The Labute approximate surface area is 94.2 Å². The first-order valence-corrected chi connectivity index (χ1v) is 5.83. The van der Waals surface area contributed by atoms with Crippen molar-refractivity contribution < 1.29 is 4.79 Å². The Morgan fingerprint density at radius 1 is 1.38 bits per heavy atom. The summed E-state index contributed by atoms with van der Waals surface area (Å²) in [7, 11) is 0. The molecule has 0 radical (unpaired) electrons. The van der Waals surface area contributed by atoms with Gasteiger partial charge in [0.05, 0.1) is 6.54 Å². The van der Waals surface area contributed by atoms with E-state index in [9.17, 15) is 4.79 Å². The van der Waals surface area contributed by atoms with Crippen molar-refractivity contribution in [2.45, 2.75) is 45.1 Å². The van der Waals surface area contributed by atoms with E-state index in [0.29, 0.717) is 24.7 Å². The molecule has 0 unspecified atom stereocenters. The van der Waals surface area contributed by atoms with E-state index in [-0.39, 0.29) is 5.91 Å². The van der Waals surface area contributed by atoms with Crippen LogP contribution in [0.25, 0.3) is 0 Å². The molecule has 1 aromatic heterocycles. The summed E-state index contributed by atoms with van der Waals surface area (Å²) < 4.78 is 0. The highest BCUT2D eigenvalue weighted by atomic mass is 16.1. The quantitative estimate of drug-likeness (QED) is 0.790. The lowest BCUT2D eigenvalue weighted by Crippen LogP contribution is -2.26. The minimum Gasteiger partial charge on any atom is -0.349 e. The molecule has 2 rings (SSSR count). The van der Waals surface area contributed by atoms with Crippen molar-refractivity contribution in [1.29, 1.82) is 0 Å². The molecule has 2 N–H and O–H groups in total. The lowest BCUT2D eigenvalue weighted by molar-refractivity contribution is -0.122. The first-order valence-electron chi connectivity index (χ1n) is 5.83. The minimum atomic E-state index is 0.0942. The predicted molar refractivity (Wildman–Crippen MR) is 57.2 cm³/mol. The fourth-order valence-electron chi connectivity index (χ4n) is 2.16. The number of tetrazole rings is 1. The summed E-state index contributed by atoms with van der Waals surface area (Å²) in [5.74, 6) is 1.19. The number of carbonyl (C=O) groups excluding carboxylic acids is 1. The maximum Gasteiger partial charge on any atom is 0.220 e. The first kappa shape index (κ1) is 11.0. The molecule has 1 amide bonds. The summed E-state index contributed by atoms with van der Waals surface area (Å²) in [6.45, 7) is 0.363. The van der Waals surface area contributed by atoms with E-state index < -0.39 is 0 Å². The Morgan fingerprint density at radius 3 is 2.88 bits per heavy atom. The normalized spacial score (nSPS) is 17.2. The molecule has 16 heavy (non-hydrogen) atoms. The molecule has 88 valence electrons. The molecule has 1 saturated carbocycles. The molecule has 0 atom stereocenters. The van der Waals surface area contributed by atoms with E-state index in [2.05, 4.69) is 25.9 Å². The zero-order chi connectivity index (χ0) is 11.2. The van der Waals surface area contributed by atoms with Gasteiger partial charge in [-0.3, -0.25) is 4.79 Å². The van der Waals surface area contributed by atoms with Gasteiger partial charge in [0, 0.05) is 6.42 Å². The van der Waals surface area contributed by atoms with E-state index >= 15 is 0 Å². The predicted octanol–water partition coefficient (Wildman–Crippen LogP) is 0.786. The van der Waals surface area contributed by atoms with Crippen LogP contribution in [0, 0.1) is 5.92 Å². The number of hydrogen-bond donors (Lipinski definition) is 2. The van der Waals surface area contributed by atoms with Crippen molar-refractivity contribution in [3.8, 4) is 0 Å². The average Bonchev–Trinajstić information content (AvgIpc) is 2.81. The third-order valence-corrected chi connectivity index (χ3v) is 3.03. The SMILES string of the molecule is O=C(CC1CCCCC1)NCc1nn[nH]n1. The molecule has 1 heterocycles. The van der Waals surface area contributed by atoms with E-state index in [4.69, 9.17) is 0 Å². The minimum absolute atomic E-state index is 0.0942. The zero-order valence-corrected chi connectivity index (χ0v) is 9.28. The molecule has 1 aliphatic rings. The van der Waals surface area contributed by atoms with Gasteiger partial charge < -0.3 is 5.32 Å². The summed E-state index contributed by atoms with van der Waals surface area (Å²) in [6, 6.07) is 0. The monoisotopic (exact) mass is 223 g/mol. The number of rotatable bonds is 4. The fourth-order valence-corrected chi connectivity index (χ4v) is 2.16. The Balaban J connectivity index is 1.67. The molecule has 6 heteroatoms. The van der Waals surface area contributed by atoms with E-state index in [1.54, 1.807) is 0 Å². The maximum absolute atomic E-state index is 11.6. The van der Waals surface area contributed by atoms with Crippen molar-refractivity contribution in [3.63, 3.8) is 0 Å². The van der Waals surface area contributed by atoms with Gasteiger partial charge in [0.25, 0.3) is 0 Å². The molecule has 1 aliphatic carbocycles. The molecule has 0 spiro atoms. The Kier molecular flexibility index (Phi) is 3.85. The van der Waals surface area contributed by atoms with Gasteiger partial charge in [0.1, 0.15) is 0 Å². The van der Waals surface area contributed by atoms with Gasteiger partial charge in [0.15, 0.2) is 5.82 Å². The molecule has 6 nitrogen and oxygen atoms in total. The highest BCUT2D eigenvalue weighted by Crippen LogP contribution is 2.25. The molecule has 1 fully saturated rings. The summed E-state index contributed by atoms with van der Waals surface area (Å²) >= 11 is 0. The van der Waals surface area contributed by atoms with Crippen molar-refractivity contribution in [3.05, 3.63) is 5.82 Å². The van der Waals surface area contributed by atoms with E-state index in [0.717, 1.165) is 0 Å². The zero-order valence-electron chi connectivity index (χ0n) is 9.28. The largest absolute Gasteiger partial charge is 0.349 e. The number of nitrogens with one attached hydrogen (secondary N) is 2. The van der Waals surface area contributed by atoms with Crippen molar-refractivity contribution in [1.82, 2.24) is 25.9 Å². The smallest absolute Gasteiger partial charge is 0.220 e. The standard InChI is InChI=1S/C10H17N5O/c16-10(6-8-4-2-1-3-5-8)11-7-9-12-14-15-13-9/h8H,1-7H2,(H,11,16)(H,12,13,14,15). The van der Waals surface area contributed by atoms with Gasteiger partial charge in [-0.15, -0.1) is 10.2 Å². The average molecular weight is 223 g/mol. The number of amides is 1. The van der Waals surface area contributed by atoms with Crippen LogP contribution >= 0.6 is 0 Å². The van der Waals surface area contributed by atoms with Gasteiger partial charge in [-0.05, 0) is 18.8 Å². The van der Waals surface area contributed by atoms with Gasteiger partial charge in [-0.2, -0.15) is 5.21 Å². The molecular formula is C10H17N5O. The molecule has 0 bridgehead atoms. The van der Waals surface area contributed by atoms with Gasteiger partial charge >= 0.3 is 0 Å². The summed E-state index contributed by atoms with van der Waals surface area (Å²) in [5.41, 5.74) is 0. The van der Waals surface area contributed by atoms with Crippen LogP contribution < -0.4 is 5.32 Å². The highest BCUT2D eigenvalue weighted by molar-refractivity contribution is 5.76. The third-order valence-electron chi connectivity index (χ3n) is 3.03. The van der Waals surface area contributed by atoms with Gasteiger partial charge in [-0.25, -0.2) is 0 Å². The van der Waals surface area contributed by atoms with Crippen LogP contribution in [0.4, 0.5) is 0 Å². The first-order chi connectivity index (χ1) is 7.84. The molecule has 0 aliphatic heterocycles. The summed E-state index contributed by atoms with van der Waals surface area (Å²) in [4.78, 5) is 11.6. The number of hydrogen-bond acceptors (Lipinski definition) is 4. The highest BCUT2D eigenvalue weighted by Gasteiger charge is 2.16. The van der Waals surface area contributed by atoms with E-state index in [1.165, 1.54) is 32.1 Å². The van der Waals surface area contributed by atoms with Crippen LogP contribution in [0.3, 0.4) is 0 Å². The Hall–Kier alpha value is -1.46. The number of aromatic amines is 1. The Bertz CT molecular complexity index is 318. The van der Waals surface area contributed by atoms with Crippen LogP contribution in [0.1, 0.15) is 44.3 Å². The van der Waals surface area contributed by atoms with Crippen LogP contribution in [-0.2, 0) is 11.3 Å². The second kappa shape index (κ2) is 5.58. The molecule has 1 aromatic rings. The van der Waals surface area contributed by atoms with Crippen LogP contribution in [-0.4, -0.2) is 26.5 Å². The number of aromatic nitrogens is 4. The Morgan fingerprint density at radius 2 is 2.19 bits per heavy atom. The van der Waals surface area contributed by atoms with Crippen molar-refractivity contribution in [2.24, 2.45) is 5.92 Å². The van der Waals surface area contributed by atoms with Crippen LogP contribution in [0.5, 0.6) is 0 Å². The summed E-state index contributed by atoms with van der Waals surface area (Å²) in [5, 5.41) is 16.1. The van der Waals surface area contributed by atoms with Crippen LogP contribution in [0.15, 0.2) is 0 Å². The lowest BCUT2D eigenvalue weighted by Gasteiger charge is -2.20. The number of nitrogens with zero attached hydrogens (tertiary/aromatic N) is 3. The topological polar surface area (TPSA) is 83.6 Å². The number of carbonyl (C=O) groups is 1. The third kappa shape index (κ3) is 3.29. The van der Waals surface area contributed by atoms with Crippen LogP contribution in [0.2, 0.25) is 0 Å². The molecule has 0 aromatic carbocycles. The number of H-pyrrole nitrogens is 1. The van der Waals surface area contributed by atoms with Gasteiger partial charge in [0.2, 0.25) is 5.91 Å². The summed E-state index contributed by atoms with van der Waals surface area (Å²) in [6.07, 6.45) is 6.87.